The Morgan fingerprint density at radius 3 is 2.90 bits per heavy atom. The van der Waals surface area contributed by atoms with E-state index in [1.165, 1.54) is 18.4 Å². The summed E-state index contributed by atoms with van der Waals surface area (Å²) in [6.45, 7) is 1.94. The van der Waals surface area contributed by atoms with Crippen molar-refractivity contribution >= 4 is 33.3 Å². The van der Waals surface area contributed by atoms with Crippen LogP contribution in [0.5, 0.6) is 6.01 Å². The molecule has 20 heavy (non-hydrogen) atoms. The standard InChI is InChI=1S/C13H12N4O2S/c1-7-8-5-3-4-6-9(8)20-10(7)11(18)14-12-15-13(19-2)17-16-12/h3-6H,1-2H3,(H2,14,15,16,17,18). The zero-order valence-corrected chi connectivity index (χ0v) is 11.7. The lowest BCUT2D eigenvalue weighted by Crippen LogP contribution is -2.12. The van der Waals surface area contributed by atoms with Crippen LogP contribution in [0.15, 0.2) is 24.3 Å². The van der Waals surface area contributed by atoms with Gasteiger partial charge in [0, 0.05) is 4.70 Å². The van der Waals surface area contributed by atoms with Crippen LogP contribution >= 0.6 is 11.3 Å². The van der Waals surface area contributed by atoms with Crippen molar-refractivity contribution in [2.45, 2.75) is 6.92 Å². The molecule has 0 fully saturated rings. The molecule has 0 aliphatic heterocycles. The zero-order valence-electron chi connectivity index (χ0n) is 10.9. The number of aromatic nitrogens is 3. The highest BCUT2D eigenvalue weighted by Gasteiger charge is 2.16. The minimum atomic E-state index is -0.206. The van der Waals surface area contributed by atoms with Gasteiger partial charge >= 0.3 is 6.01 Å². The number of ether oxygens (including phenoxy) is 1. The predicted molar refractivity (Wildman–Crippen MR) is 77.4 cm³/mol. The molecule has 3 rings (SSSR count). The molecule has 1 aromatic carbocycles. The second kappa shape index (κ2) is 4.93. The van der Waals surface area contributed by atoms with Gasteiger partial charge in [-0.25, -0.2) is 5.10 Å². The number of hydrogen-bond acceptors (Lipinski definition) is 5. The number of rotatable bonds is 3. The number of amides is 1. The third kappa shape index (κ3) is 2.12. The Morgan fingerprint density at radius 1 is 1.40 bits per heavy atom. The van der Waals surface area contributed by atoms with Crippen molar-refractivity contribution in [3.63, 3.8) is 0 Å². The minimum absolute atomic E-state index is 0.188. The van der Waals surface area contributed by atoms with E-state index in [0.29, 0.717) is 4.88 Å². The van der Waals surface area contributed by atoms with E-state index in [4.69, 9.17) is 4.74 Å². The molecule has 0 bridgehead atoms. The Bertz CT molecular complexity index is 778. The summed E-state index contributed by atoms with van der Waals surface area (Å²) in [5, 5.41) is 10.1. The predicted octanol–water partition coefficient (Wildman–Crippen LogP) is 2.59. The van der Waals surface area contributed by atoms with Crippen LogP contribution in [-0.4, -0.2) is 28.2 Å². The summed E-state index contributed by atoms with van der Waals surface area (Å²) in [6.07, 6.45) is 0. The second-order valence-corrected chi connectivity index (χ2v) is 5.23. The van der Waals surface area contributed by atoms with Crippen molar-refractivity contribution in [2.24, 2.45) is 0 Å². The van der Waals surface area contributed by atoms with Gasteiger partial charge in [0.25, 0.3) is 5.91 Å². The maximum Gasteiger partial charge on any atom is 0.336 e. The summed E-state index contributed by atoms with van der Waals surface area (Å²) in [7, 11) is 1.46. The van der Waals surface area contributed by atoms with Crippen LogP contribution in [0.25, 0.3) is 10.1 Å². The van der Waals surface area contributed by atoms with Crippen molar-refractivity contribution in [2.75, 3.05) is 12.4 Å². The number of carbonyl (C=O) groups is 1. The highest BCUT2D eigenvalue weighted by molar-refractivity contribution is 7.21. The summed E-state index contributed by atoms with van der Waals surface area (Å²) < 4.78 is 5.94. The number of hydrogen-bond donors (Lipinski definition) is 2. The average molecular weight is 288 g/mol. The number of fused-ring (bicyclic) bond motifs is 1. The van der Waals surface area contributed by atoms with Crippen LogP contribution in [0.3, 0.4) is 0 Å². The lowest BCUT2D eigenvalue weighted by atomic mass is 10.1. The fourth-order valence-electron chi connectivity index (χ4n) is 1.95. The number of anilines is 1. The maximum absolute atomic E-state index is 12.3. The van der Waals surface area contributed by atoms with Gasteiger partial charge in [-0.05, 0) is 23.9 Å². The van der Waals surface area contributed by atoms with Crippen molar-refractivity contribution in [3.05, 3.63) is 34.7 Å². The number of aromatic amines is 1. The van der Waals surface area contributed by atoms with E-state index >= 15 is 0 Å². The normalized spacial score (nSPS) is 10.7. The van der Waals surface area contributed by atoms with E-state index in [1.54, 1.807) is 0 Å². The molecule has 3 aromatic rings. The van der Waals surface area contributed by atoms with Gasteiger partial charge in [-0.3, -0.25) is 10.1 Å². The molecule has 0 radical (unpaired) electrons. The number of thiophene rings is 1. The molecule has 0 aliphatic carbocycles. The van der Waals surface area contributed by atoms with Gasteiger partial charge < -0.3 is 4.74 Å². The summed E-state index contributed by atoms with van der Waals surface area (Å²) in [4.78, 5) is 16.9. The number of carbonyl (C=O) groups excluding carboxylic acids is 1. The number of aryl methyl sites for hydroxylation is 1. The Morgan fingerprint density at radius 2 is 2.20 bits per heavy atom. The minimum Gasteiger partial charge on any atom is -0.466 e. The largest absolute Gasteiger partial charge is 0.466 e. The lowest BCUT2D eigenvalue weighted by molar-refractivity contribution is 0.102. The monoisotopic (exact) mass is 288 g/mol. The van der Waals surface area contributed by atoms with Gasteiger partial charge in [0.05, 0.1) is 12.0 Å². The van der Waals surface area contributed by atoms with Gasteiger partial charge in [-0.15, -0.1) is 16.4 Å². The molecule has 0 aliphatic rings. The first-order chi connectivity index (χ1) is 9.69. The van der Waals surface area contributed by atoms with Crippen molar-refractivity contribution in [1.29, 1.82) is 0 Å². The first-order valence-electron chi connectivity index (χ1n) is 5.95. The van der Waals surface area contributed by atoms with Gasteiger partial charge in [0.15, 0.2) is 0 Å². The maximum atomic E-state index is 12.3. The molecule has 6 nitrogen and oxygen atoms in total. The van der Waals surface area contributed by atoms with E-state index in [-0.39, 0.29) is 17.9 Å². The summed E-state index contributed by atoms with van der Waals surface area (Å²) in [6, 6.07) is 8.12. The fraction of sp³-hybridized carbons (Fsp3) is 0.154. The summed E-state index contributed by atoms with van der Waals surface area (Å²) in [5.41, 5.74) is 0.967. The highest BCUT2D eigenvalue weighted by atomic mass is 32.1. The number of nitrogens with one attached hydrogen (secondary N) is 2. The molecule has 2 heterocycles. The lowest BCUT2D eigenvalue weighted by Gasteiger charge is -1.99. The van der Waals surface area contributed by atoms with E-state index in [0.717, 1.165) is 15.6 Å². The molecule has 0 saturated heterocycles. The molecule has 0 spiro atoms. The van der Waals surface area contributed by atoms with Crippen LogP contribution in [0.2, 0.25) is 0 Å². The smallest absolute Gasteiger partial charge is 0.336 e. The molecular weight excluding hydrogens is 276 g/mol. The number of methoxy groups -OCH3 is 1. The van der Waals surface area contributed by atoms with Crippen molar-refractivity contribution < 1.29 is 9.53 Å². The number of benzene rings is 1. The highest BCUT2D eigenvalue weighted by Crippen LogP contribution is 2.30. The van der Waals surface area contributed by atoms with Crippen LogP contribution in [-0.2, 0) is 0 Å². The Hall–Kier alpha value is -2.41. The number of nitrogens with zero attached hydrogens (tertiary/aromatic N) is 2. The third-order valence-corrected chi connectivity index (χ3v) is 4.20. The molecule has 0 unspecified atom stereocenters. The van der Waals surface area contributed by atoms with Gasteiger partial charge in [0.1, 0.15) is 0 Å². The van der Waals surface area contributed by atoms with Gasteiger partial charge in [-0.1, -0.05) is 18.2 Å². The third-order valence-electron chi connectivity index (χ3n) is 2.93. The van der Waals surface area contributed by atoms with E-state index < -0.39 is 0 Å². The first kappa shape index (κ1) is 12.6. The van der Waals surface area contributed by atoms with Crippen LogP contribution in [0.4, 0.5) is 5.95 Å². The second-order valence-electron chi connectivity index (χ2n) is 4.18. The van der Waals surface area contributed by atoms with Gasteiger partial charge in [0.2, 0.25) is 5.95 Å². The molecule has 0 atom stereocenters. The SMILES string of the molecule is COc1n[nH]c(NC(=O)c2sc3ccccc3c2C)n1. The average Bonchev–Trinajstić information content (AvgIpc) is 3.04. The van der Waals surface area contributed by atoms with E-state index in [9.17, 15) is 4.79 Å². The Labute approximate surface area is 118 Å². The summed E-state index contributed by atoms with van der Waals surface area (Å²) in [5.74, 6) is 0.0613. The zero-order chi connectivity index (χ0) is 14.1. The van der Waals surface area contributed by atoms with Crippen LogP contribution in [0, 0.1) is 6.92 Å². The molecule has 1 amide bonds. The van der Waals surface area contributed by atoms with E-state index in [2.05, 4.69) is 20.5 Å². The Balaban J connectivity index is 1.90. The van der Waals surface area contributed by atoms with E-state index in [1.807, 2.05) is 31.2 Å². The topological polar surface area (TPSA) is 79.9 Å². The molecule has 2 N–H and O–H groups in total. The molecule has 7 heteroatoms. The number of H-pyrrole nitrogens is 1. The molecule has 0 saturated carbocycles. The molecule has 102 valence electrons. The van der Waals surface area contributed by atoms with Crippen LogP contribution in [0.1, 0.15) is 15.2 Å². The van der Waals surface area contributed by atoms with Crippen molar-refractivity contribution in [3.8, 4) is 6.01 Å². The molecule has 2 aromatic heterocycles. The summed E-state index contributed by atoms with van der Waals surface area (Å²) >= 11 is 1.46. The molecular formula is C13H12N4O2S. The van der Waals surface area contributed by atoms with Crippen molar-refractivity contribution in [1.82, 2.24) is 15.2 Å². The van der Waals surface area contributed by atoms with Gasteiger partial charge in [-0.2, -0.15) is 4.98 Å². The van der Waals surface area contributed by atoms with Crippen LogP contribution < -0.4 is 10.1 Å². The fourth-order valence-corrected chi connectivity index (χ4v) is 3.05. The first-order valence-corrected chi connectivity index (χ1v) is 6.76. The Kier molecular flexibility index (Phi) is 3.11. The quantitative estimate of drug-likeness (QED) is 0.776.